The molecule has 13 aromatic carbocycles. The van der Waals surface area contributed by atoms with Crippen LogP contribution in [0.2, 0.25) is 0 Å². The van der Waals surface area contributed by atoms with E-state index in [0.717, 1.165) is 145 Å². The third-order valence-electron chi connectivity index (χ3n) is 18.7. The number of anilines is 6. The SMILES string of the molecule is [C-]#[N+]c1ccc2c(c1)oc1c(-c3ccc4c(c3)B3c5cc(-c6cccc7c6oc6cc(C#N)ccc67)ccc5N(c5c(-c6ccccc6)cccc5-c5ccccc5)c5cc(C(C)(C)C)cc(c53)N4c3c(-c4ccccc4)cccc3-c3ccccc3)cccc12. The second kappa shape index (κ2) is 20.9. The number of para-hydroxylation sites is 4. The summed E-state index contributed by atoms with van der Waals surface area (Å²) >= 11 is 0. The maximum Gasteiger partial charge on any atom is 0.252 e. The smallest absolute Gasteiger partial charge is 0.252 e. The van der Waals surface area contributed by atoms with Crippen LogP contribution < -0.4 is 26.2 Å². The molecule has 2 aliphatic rings. The van der Waals surface area contributed by atoms with E-state index in [1.165, 1.54) is 11.0 Å². The van der Waals surface area contributed by atoms with Crippen molar-refractivity contribution in [3.05, 3.63) is 302 Å². The number of hydrogen-bond donors (Lipinski definition) is 0. The Kier molecular flexibility index (Phi) is 12.2. The largest absolute Gasteiger partial charge is 0.457 e. The molecule has 0 bridgehead atoms. The fourth-order valence-corrected chi connectivity index (χ4v) is 14.4. The molecule has 91 heavy (non-hydrogen) atoms. The van der Waals surface area contributed by atoms with Crippen molar-refractivity contribution in [3.63, 3.8) is 0 Å². The zero-order valence-electron chi connectivity index (χ0n) is 50.2. The van der Waals surface area contributed by atoms with Crippen LogP contribution in [0, 0.1) is 17.9 Å². The predicted molar refractivity (Wildman–Crippen MR) is 377 cm³/mol. The van der Waals surface area contributed by atoms with Gasteiger partial charge in [0, 0.05) is 77.7 Å². The van der Waals surface area contributed by atoms with Gasteiger partial charge in [0.15, 0.2) is 5.69 Å². The standard InChI is InChI=1S/C84H55BN4O2/c1-84(2,3)59-48-75-79-76(49-59)89(81-63(55-25-13-7-14-26-55)31-18-32-64(81)56-27-15-8-16-28-56)74-44-39-58(66-34-20-36-70-68-42-40-60(87-4)50-78(68)91-83(66)70)47-72(74)85(79)71-46-57(65-33-19-35-69-67-41-37-52(51-86)45-77(67)90-82(65)69)38-43-73(71)88(75)80-61(53-21-9-5-10-22-53)29-17-30-62(80)54-23-11-6-12-24-54/h5-50H,1-3H3. The number of hydrogen-bond acceptors (Lipinski definition) is 5. The summed E-state index contributed by atoms with van der Waals surface area (Å²) in [6.07, 6.45) is 0. The fraction of sp³-hybridized carbons (Fsp3) is 0.0476. The van der Waals surface area contributed by atoms with Crippen LogP contribution in [0.25, 0.3) is 115 Å². The molecule has 0 saturated heterocycles. The highest BCUT2D eigenvalue weighted by atomic mass is 16.3. The highest BCUT2D eigenvalue weighted by molar-refractivity contribution is 7.00. The van der Waals surface area contributed by atoms with E-state index in [-0.39, 0.29) is 12.1 Å². The molecule has 6 nitrogen and oxygen atoms in total. The fourth-order valence-electron chi connectivity index (χ4n) is 14.4. The first-order chi connectivity index (χ1) is 44.7. The van der Waals surface area contributed by atoms with Crippen molar-refractivity contribution in [2.45, 2.75) is 26.2 Å². The maximum atomic E-state index is 10.0. The molecule has 17 rings (SSSR count). The lowest BCUT2D eigenvalue weighted by molar-refractivity contribution is 0.590. The molecule has 0 spiro atoms. The van der Waals surface area contributed by atoms with Gasteiger partial charge < -0.3 is 18.6 Å². The van der Waals surface area contributed by atoms with Gasteiger partial charge in [-0.05, 0) is 109 Å². The third kappa shape index (κ3) is 8.54. The van der Waals surface area contributed by atoms with Gasteiger partial charge in [-0.15, -0.1) is 0 Å². The van der Waals surface area contributed by atoms with Gasteiger partial charge in [0.2, 0.25) is 0 Å². The molecule has 426 valence electrons. The van der Waals surface area contributed by atoms with E-state index >= 15 is 0 Å². The highest BCUT2D eigenvalue weighted by Crippen LogP contribution is 2.54. The van der Waals surface area contributed by atoms with Crippen molar-refractivity contribution >= 4 is 107 Å². The van der Waals surface area contributed by atoms with Gasteiger partial charge >= 0.3 is 0 Å². The maximum absolute atomic E-state index is 10.0. The predicted octanol–water partition coefficient (Wildman–Crippen LogP) is 21.3. The molecule has 2 aliphatic heterocycles. The number of furan rings is 2. The Morgan fingerprint density at radius 3 is 1.21 bits per heavy atom. The van der Waals surface area contributed by atoms with Crippen LogP contribution >= 0.6 is 0 Å². The first kappa shape index (κ1) is 53.4. The zero-order valence-corrected chi connectivity index (χ0v) is 50.2. The first-order valence-corrected chi connectivity index (χ1v) is 30.9. The van der Waals surface area contributed by atoms with Gasteiger partial charge in [0.05, 0.1) is 29.6 Å². The Balaban J connectivity index is 1.04. The number of rotatable bonds is 8. The van der Waals surface area contributed by atoms with Gasteiger partial charge in [-0.25, -0.2) is 4.85 Å². The Bertz CT molecular complexity index is 5110. The minimum absolute atomic E-state index is 0.310. The Morgan fingerprint density at radius 1 is 0.385 bits per heavy atom. The van der Waals surface area contributed by atoms with Gasteiger partial charge in [-0.1, -0.05) is 251 Å². The van der Waals surface area contributed by atoms with Crippen LogP contribution in [0.15, 0.2) is 288 Å². The van der Waals surface area contributed by atoms with Crippen molar-refractivity contribution in [2.24, 2.45) is 0 Å². The van der Waals surface area contributed by atoms with Gasteiger partial charge in [-0.2, -0.15) is 5.26 Å². The van der Waals surface area contributed by atoms with E-state index in [4.69, 9.17) is 15.4 Å². The molecule has 0 saturated carbocycles. The minimum Gasteiger partial charge on any atom is -0.457 e. The van der Waals surface area contributed by atoms with Gasteiger partial charge in [-0.3, -0.25) is 0 Å². The monoisotopic (exact) mass is 1160 g/mol. The molecule has 0 amide bonds. The summed E-state index contributed by atoms with van der Waals surface area (Å²) in [6.45, 7) is 14.5. The second-order valence-corrected chi connectivity index (χ2v) is 24.9. The van der Waals surface area contributed by atoms with E-state index in [1.807, 2.05) is 36.4 Å². The summed E-state index contributed by atoms with van der Waals surface area (Å²) in [4.78, 5) is 8.97. The normalized spacial score (nSPS) is 12.5. The van der Waals surface area contributed by atoms with Crippen molar-refractivity contribution in [2.75, 3.05) is 9.80 Å². The summed E-state index contributed by atoms with van der Waals surface area (Å²) in [5.74, 6) is 0. The minimum atomic E-state index is -0.339. The molecule has 0 fully saturated rings. The number of fused-ring (bicyclic) bond motifs is 10. The van der Waals surface area contributed by atoms with Crippen LogP contribution in [-0.2, 0) is 5.41 Å². The topological polar surface area (TPSA) is 60.9 Å². The molecule has 15 aromatic rings. The van der Waals surface area contributed by atoms with Crippen molar-refractivity contribution in [1.29, 1.82) is 5.26 Å². The summed E-state index contributed by atoms with van der Waals surface area (Å²) in [7, 11) is 0. The quantitative estimate of drug-likeness (QED) is 0.112. The average molecular weight is 1160 g/mol. The zero-order chi connectivity index (χ0) is 61.1. The average Bonchev–Trinajstić information content (AvgIpc) is 1.25. The van der Waals surface area contributed by atoms with Crippen LogP contribution in [0.1, 0.15) is 31.9 Å². The van der Waals surface area contributed by atoms with Crippen LogP contribution in [0.5, 0.6) is 0 Å². The number of benzene rings is 13. The Morgan fingerprint density at radius 2 is 0.791 bits per heavy atom. The summed E-state index contributed by atoms with van der Waals surface area (Å²) in [6, 6.07) is 103. The highest BCUT2D eigenvalue weighted by Gasteiger charge is 2.46. The molecule has 0 N–H and O–H groups in total. The molecule has 2 aromatic heterocycles. The molecule has 0 unspecified atom stereocenters. The van der Waals surface area contributed by atoms with E-state index in [0.29, 0.717) is 22.4 Å². The lowest BCUT2D eigenvalue weighted by Crippen LogP contribution is -2.61. The van der Waals surface area contributed by atoms with E-state index in [2.05, 4.69) is 284 Å². The number of nitriles is 1. The molecule has 7 heteroatoms. The van der Waals surface area contributed by atoms with Crippen LogP contribution in [0.3, 0.4) is 0 Å². The van der Waals surface area contributed by atoms with Crippen LogP contribution in [0.4, 0.5) is 39.8 Å². The third-order valence-corrected chi connectivity index (χ3v) is 18.7. The van der Waals surface area contributed by atoms with E-state index < -0.39 is 0 Å². The summed E-state index contributed by atoms with van der Waals surface area (Å²) < 4.78 is 13.8. The van der Waals surface area contributed by atoms with Crippen molar-refractivity contribution < 1.29 is 8.83 Å². The molecule has 0 radical (unpaired) electrons. The van der Waals surface area contributed by atoms with E-state index in [9.17, 15) is 5.26 Å². The van der Waals surface area contributed by atoms with Crippen molar-refractivity contribution in [1.82, 2.24) is 0 Å². The molecule has 0 atom stereocenters. The summed E-state index contributed by atoms with van der Waals surface area (Å²) in [5, 5.41) is 13.9. The first-order valence-electron chi connectivity index (χ1n) is 30.9. The molecule has 0 aliphatic carbocycles. The summed E-state index contributed by atoms with van der Waals surface area (Å²) in [5.41, 5.74) is 27.5. The number of nitrogens with zero attached hydrogens (tertiary/aromatic N) is 4. The molecular formula is C84H55BN4O2. The Labute approximate surface area is 528 Å². The van der Waals surface area contributed by atoms with Crippen molar-refractivity contribution in [3.8, 4) is 72.8 Å². The van der Waals surface area contributed by atoms with E-state index in [1.54, 1.807) is 0 Å². The lowest BCUT2D eigenvalue weighted by atomic mass is 9.33. The molecule has 4 heterocycles. The molecular weight excluding hydrogens is 1110 g/mol. The van der Waals surface area contributed by atoms with Gasteiger partial charge in [0.1, 0.15) is 22.3 Å². The second-order valence-electron chi connectivity index (χ2n) is 24.9. The lowest BCUT2D eigenvalue weighted by Gasteiger charge is -2.46. The van der Waals surface area contributed by atoms with Gasteiger partial charge in [0.25, 0.3) is 6.71 Å². The Hall–Kier alpha value is -11.9. The van der Waals surface area contributed by atoms with Crippen LogP contribution in [-0.4, -0.2) is 6.71 Å².